The van der Waals surface area contributed by atoms with Gasteiger partial charge in [-0.2, -0.15) is 0 Å². The van der Waals surface area contributed by atoms with Crippen molar-refractivity contribution in [2.24, 2.45) is 4.99 Å². The average Bonchev–Trinajstić information content (AvgIpc) is 2.99. The number of hydrogen-bond acceptors (Lipinski definition) is 2. The van der Waals surface area contributed by atoms with Gasteiger partial charge in [0.2, 0.25) is 0 Å². The van der Waals surface area contributed by atoms with Gasteiger partial charge in [-0.15, -0.1) is 24.0 Å². The van der Waals surface area contributed by atoms with Crippen molar-refractivity contribution in [3.8, 4) is 5.75 Å². The quantitative estimate of drug-likeness (QED) is 0.321. The molecule has 1 unspecified atom stereocenters. The molecule has 6 heteroatoms. The lowest BCUT2D eigenvalue weighted by atomic mass is 10.2. The van der Waals surface area contributed by atoms with Gasteiger partial charge in [0.05, 0.1) is 11.6 Å². The number of guanidine groups is 1. The second kappa shape index (κ2) is 9.94. The van der Waals surface area contributed by atoms with E-state index in [4.69, 9.17) is 16.3 Å². The fraction of sp³-hybridized carbons (Fsp3) is 0.438. The van der Waals surface area contributed by atoms with Crippen molar-refractivity contribution in [1.82, 2.24) is 10.6 Å². The molecule has 0 heterocycles. The number of aliphatic imine (C=N–C) groups is 1. The third kappa shape index (κ3) is 6.04. The molecule has 122 valence electrons. The summed E-state index contributed by atoms with van der Waals surface area (Å²) < 4.78 is 5.82. The third-order valence-electron chi connectivity index (χ3n) is 3.29. The highest BCUT2D eigenvalue weighted by Crippen LogP contribution is 2.23. The van der Waals surface area contributed by atoms with E-state index in [0.717, 1.165) is 18.8 Å². The lowest BCUT2D eigenvalue weighted by molar-refractivity contribution is 0.224. The van der Waals surface area contributed by atoms with E-state index in [2.05, 4.69) is 27.8 Å². The summed E-state index contributed by atoms with van der Waals surface area (Å²) in [4.78, 5) is 4.23. The van der Waals surface area contributed by atoms with E-state index in [9.17, 15) is 0 Å². The number of para-hydroxylation sites is 1. The van der Waals surface area contributed by atoms with Crippen LogP contribution in [0.1, 0.15) is 19.8 Å². The fourth-order valence-corrected chi connectivity index (χ4v) is 2.34. The van der Waals surface area contributed by atoms with Crippen LogP contribution in [0.3, 0.4) is 0 Å². The second-order valence-corrected chi connectivity index (χ2v) is 5.50. The topological polar surface area (TPSA) is 45.7 Å². The smallest absolute Gasteiger partial charge is 0.191 e. The molecule has 22 heavy (non-hydrogen) atoms. The molecule has 0 spiro atoms. The van der Waals surface area contributed by atoms with Crippen LogP contribution in [0.4, 0.5) is 0 Å². The fourth-order valence-electron chi connectivity index (χ4n) is 2.16. The average molecular weight is 436 g/mol. The Bertz CT molecular complexity index is 514. The lowest BCUT2D eigenvalue weighted by Crippen LogP contribution is -2.45. The van der Waals surface area contributed by atoms with Crippen molar-refractivity contribution in [2.45, 2.75) is 31.9 Å². The summed E-state index contributed by atoms with van der Waals surface area (Å²) in [6, 6.07) is 7.94. The van der Waals surface area contributed by atoms with Gasteiger partial charge in [0.15, 0.2) is 5.96 Å². The predicted octanol–water partition coefficient (Wildman–Crippen LogP) is 3.61. The molecule has 1 aromatic carbocycles. The molecule has 4 nitrogen and oxygen atoms in total. The number of hydrogen-bond donors (Lipinski definition) is 2. The van der Waals surface area contributed by atoms with E-state index in [1.807, 2.05) is 31.2 Å². The minimum atomic E-state index is -0.00912. The van der Waals surface area contributed by atoms with E-state index in [0.29, 0.717) is 23.4 Å². The van der Waals surface area contributed by atoms with E-state index >= 15 is 0 Å². The summed E-state index contributed by atoms with van der Waals surface area (Å²) in [5.74, 6) is 1.51. The minimum absolute atomic E-state index is 0. The standard InChI is InChI=1S/C16H22ClN3O.HI/c1-12(21-15-10-6-5-9-14(15)17)11-19-16(18-2)20-13-7-3-4-8-13;/h3-6,9-10,12-13H,7-8,11H2,1-2H3,(H2,18,19,20);1H. The summed E-state index contributed by atoms with van der Waals surface area (Å²) in [5.41, 5.74) is 0. The molecule has 1 aliphatic rings. The molecule has 2 rings (SSSR count). The predicted molar refractivity (Wildman–Crippen MR) is 104 cm³/mol. The summed E-state index contributed by atoms with van der Waals surface area (Å²) in [6.45, 7) is 2.66. The SMILES string of the molecule is CN=C(NCC(C)Oc1ccccc1Cl)NC1CC=CC1.I. The first-order chi connectivity index (χ1) is 10.2. The maximum Gasteiger partial charge on any atom is 0.191 e. The van der Waals surface area contributed by atoms with Crippen LogP contribution in [0, 0.1) is 0 Å². The lowest BCUT2D eigenvalue weighted by Gasteiger charge is -2.20. The Hall–Kier alpha value is -0.950. The van der Waals surface area contributed by atoms with Crippen molar-refractivity contribution in [1.29, 1.82) is 0 Å². The van der Waals surface area contributed by atoms with E-state index < -0.39 is 0 Å². The van der Waals surface area contributed by atoms with E-state index in [-0.39, 0.29) is 30.1 Å². The summed E-state index contributed by atoms with van der Waals surface area (Å²) in [7, 11) is 1.78. The minimum Gasteiger partial charge on any atom is -0.487 e. The van der Waals surface area contributed by atoms with Gasteiger partial charge in [-0.25, -0.2) is 0 Å². The Labute approximate surface area is 154 Å². The summed E-state index contributed by atoms with van der Waals surface area (Å²) in [5, 5.41) is 7.30. The van der Waals surface area contributed by atoms with Gasteiger partial charge in [-0.1, -0.05) is 35.9 Å². The van der Waals surface area contributed by atoms with E-state index in [1.165, 1.54) is 0 Å². The monoisotopic (exact) mass is 435 g/mol. The molecule has 0 bridgehead atoms. The molecule has 1 atom stereocenters. The highest BCUT2D eigenvalue weighted by atomic mass is 127. The van der Waals surface area contributed by atoms with Crippen molar-refractivity contribution < 1.29 is 4.74 Å². The molecule has 0 saturated heterocycles. The molecule has 0 aliphatic heterocycles. The van der Waals surface area contributed by atoms with Crippen LogP contribution < -0.4 is 15.4 Å². The first kappa shape index (κ1) is 19.1. The molecule has 2 N–H and O–H groups in total. The number of rotatable bonds is 5. The van der Waals surface area contributed by atoms with Gasteiger partial charge in [-0.05, 0) is 31.9 Å². The van der Waals surface area contributed by atoms with Crippen LogP contribution in [0.15, 0.2) is 41.4 Å². The highest BCUT2D eigenvalue weighted by molar-refractivity contribution is 14.0. The molecule has 0 fully saturated rings. The Morgan fingerprint density at radius 3 is 2.68 bits per heavy atom. The molecule has 0 amide bonds. The molecule has 1 aromatic rings. The zero-order valence-corrected chi connectivity index (χ0v) is 16.0. The maximum absolute atomic E-state index is 6.08. The number of ether oxygens (including phenoxy) is 1. The Morgan fingerprint density at radius 2 is 2.05 bits per heavy atom. The zero-order chi connectivity index (χ0) is 15.1. The molecule has 1 aliphatic carbocycles. The first-order valence-corrected chi connectivity index (χ1v) is 7.60. The first-order valence-electron chi connectivity index (χ1n) is 7.22. The van der Waals surface area contributed by atoms with Crippen molar-refractivity contribution in [3.63, 3.8) is 0 Å². The number of halogens is 2. The summed E-state index contributed by atoms with van der Waals surface area (Å²) in [6.07, 6.45) is 6.46. The Morgan fingerprint density at radius 1 is 1.36 bits per heavy atom. The van der Waals surface area contributed by atoms with Crippen LogP contribution in [-0.4, -0.2) is 31.7 Å². The van der Waals surface area contributed by atoms with Gasteiger partial charge >= 0.3 is 0 Å². The van der Waals surface area contributed by atoms with Crippen molar-refractivity contribution in [2.75, 3.05) is 13.6 Å². The highest BCUT2D eigenvalue weighted by Gasteiger charge is 2.13. The maximum atomic E-state index is 6.08. The molecule has 0 radical (unpaired) electrons. The van der Waals surface area contributed by atoms with Crippen LogP contribution in [0.25, 0.3) is 0 Å². The van der Waals surface area contributed by atoms with Crippen molar-refractivity contribution in [3.05, 3.63) is 41.4 Å². The van der Waals surface area contributed by atoms with Gasteiger partial charge in [-0.3, -0.25) is 4.99 Å². The van der Waals surface area contributed by atoms with Gasteiger partial charge < -0.3 is 15.4 Å². The Balaban J connectivity index is 0.00000242. The van der Waals surface area contributed by atoms with Gasteiger partial charge in [0.1, 0.15) is 11.9 Å². The molecule has 0 aromatic heterocycles. The van der Waals surface area contributed by atoms with E-state index in [1.54, 1.807) is 7.05 Å². The molecule has 0 saturated carbocycles. The normalized spacial score (nSPS) is 16.0. The van der Waals surface area contributed by atoms with Crippen LogP contribution in [-0.2, 0) is 0 Å². The molecular formula is C16H23ClIN3O. The van der Waals surface area contributed by atoms with Crippen molar-refractivity contribution >= 4 is 41.5 Å². The van der Waals surface area contributed by atoms with Crippen LogP contribution >= 0.6 is 35.6 Å². The number of nitrogens with one attached hydrogen (secondary N) is 2. The largest absolute Gasteiger partial charge is 0.487 e. The summed E-state index contributed by atoms with van der Waals surface area (Å²) >= 11 is 6.08. The Kier molecular flexibility index (Phi) is 8.63. The second-order valence-electron chi connectivity index (χ2n) is 5.10. The van der Waals surface area contributed by atoms with Gasteiger partial charge in [0, 0.05) is 13.1 Å². The van der Waals surface area contributed by atoms with Crippen LogP contribution in [0.5, 0.6) is 5.75 Å². The van der Waals surface area contributed by atoms with Crippen LogP contribution in [0.2, 0.25) is 5.02 Å². The zero-order valence-electron chi connectivity index (χ0n) is 12.9. The van der Waals surface area contributed by atoms with Gasteiger partial charge in [0.25, 0.3) is 0 Å². The number of benzene rings is 1. The third-order valence-corrected chi connectivity index (χ3v) is 3.61. The molecular weight excluding hydrogens is 413 g/mol. The number of nitrogens with zero attached hydrogens (tertiary/aromatic N) is 1.